The van der Waals surface area contributed by atoms with Crippen molar-refractivity contribution in [2.24, 2.45) is 0 Å². The average Bonchev–Trinajstić information content (AvgIpc) is 2.59. The highest BCUT2D eigenvalue weighted by atomic mass is 16.6. The van der Waals surface area contributed by atoms with Crippen LogP contribution in [0.4, 0.5) is 11.4 Å². The molecular formula is C18H18N2O5. The summed E-state index contributed by atoms with van der Waals surface area (Å²) in [6.45, 7) is 1.11. The van der Waals surface area contributed by atoms with Gasteiger partial charge in [0.2, 0.25) is 5.78 Å². The van der Waals surface area contributed by atoms with Crippen molar-refractivity contribution in [1.82, 2.24) is 0 Å². The van der Waals surface area contributed by atoms with Gasteiger partial charge in [-0.2, -0.15) is 0 Å². The molecule has 0 aromatic heterocycles. The molecular weight excluding hydrogens is 324 g/mol. The smallest absolute Gasteiger partial charge is 0.338 e. The van der Waals surface area contributed by atoms with Crippen LogP contribution in [-0.2, 0) is 4.74 Å². The fraction of sp³-hybridized carbons (Fsp3) is 0.222. The number of esters is 1. The lowest BCUT2D eigenvalue weighted by Crippen LogP contribution is -2.15. The molecule has 2 aromatic carbocycles. The van der Waals surface area contributed by atoms with Crippen LogP contribution in [0.1, 0.15) is 26.3 Å². The van der Waals surface area contributed by atoms with Crippen LogP contribution < -0.4 is 4.90 Å². The molecule has 0 bridgehead atoms. The van der Waals surface area contributed by atoms with Crippen molar-refractivity contribution in [2.45, 2.75) is 6.92 Å². The number of hydrogen-bond donors (Lipinski definition) is 0. The van der Waals surface area contributed by atoms with Gasteiger partial charge in [0, 0.05) is 37.0 Å². The average molecular weight is 342 g/mol. The largest absolute Gasteiger partial charge is 0.454 e. The molecule has 0 aliphatic carbocycles. The van der Waals surface area contributed by atoms with Gasteiger partial charge in [-0.05, 0) is 25.1 Å². The molecule has 0 spiro atoms. The van der Waals surface area contributed by atoms with Crippen LogP contribution in [0.5, 0.6) is 0 Å². The Labute approximate surface area is 145 Å². The van der Waals surface area contributed by atoms with Gasteiger partial charge in [0.15, 0.2) is 6.61 Å². The molecule has 7 heteroatoms. The van der Waals surface area contributed by atoms with Crippen molar-refractivity contribution in [1.29, 1.82) is 0 Å². The Kier molecular flexibility index (Phi) is 5.49. The van der Waals surface area contributed by atoms with Gasteiger partial charge in [0.25, 0.3) is 5.69 Å². The summed E-state index contributed by atoms with van der Waals surface area (Å²) in [6, 6.07) is 11.0. The van der Waals surface area contributed by atoms with E-state index in [1.165, 1.54) is 18.2 Å². The molecule has 2 aromatic rings. The summed E-state index contributed by atoms with van der Waals surface area (Å²) in [6.07, 6.45) is 0. The summed E-state index contributed by atoms with van der Waals surface area (Å²) in [7, 11) is 3.69. The normalized spacial score (nSPS) is 10.2. The number of ether oxygens (including phenoxy) is 1. The molecule has 0 saturated carbocycles. The van der Waals surface area contributed by atoms with Gasteiger partial charge in [0.05, 0.1) is 10.5 Å². The maximum atomic E-state index is 12.1. The molecule has 7 nitrogen and oxygen atoms in total. The maximum Gasteiger partial charge on any atom is 0.338 e. The second-order valence-electron chi connectivity index (χ2n) is 5.70. The van der Waals surface area contributed by atoms with Crippen LogP contribution in [-0.4, -0.2) is 37.4 Å². The zero-order valence-corrected chi connectivity index (χ0v) is 14.2. The van der Waals surface area contributed by atoms with E-state index in [1.54, 1.807) is 25.1 Å². The monoisotopic (exact) mass is 342 g/mol. The molecule has 0 radical (unpaired) electrons. The summed E-state index contributed by atoms with van der Waals surface area (Å²) in [4.78, 5) is 36.4. The van der Waals surface area contributed by atoms with Crippen molar-refractivity contribution in [2.75, 3.05) is 25.6 Å². The summed E-state index contributed by atoms with van der Waals surface area (Å²) < 4.78 is 5.03. The summed E-state index contributed by atoms with van der Waals surface area (Å²) in [5.41, 5.74) is 1.60. The zero-order chi connectivity index (χ0) is 18.6. The van der Waals surface area contributed by atoms with Gasteiger partial charge in [-0.1, -0.05) is 18.2 Å². The van der Waals surface area contributed by atoms with E-state index in [1.807, 2.05) is 25.1 Å². The topological polar surface area (TPSA) is 89.8 Å². The van der Waals surface area contributed by atoms with Crippen molar-refractivity contribution in [3.8, 4) is 0 Å². The van der Waals surface area contributed by atoms with Crippen molar-refractivity contribution < 1.29 is 19.2 Å². The van der Waals surface area contributed by atoms with E-state index in [4.69, 9.17) is 4.74 Å². The fourth-order valence-corrected chi connectivity index (χ4v) is 2.19. The van der Waals surface area contributed by atoms with Gasteiger partial charge in [-0.15, -0.1) is 0 Å². The molecule has 0 atom stereocenters. The highest BCUT2D eigenvalue weighted by Crippen LogP contribution is 2.20. The Balaban J connectivity index is 2.07. The van der Waals surface area contributed by atoms with Crippen molar-refractivity contribution >= 4 is 23.1 Å². The van der Waals surface area contributed by atoms with Crippen LogP contribution in [0, 0.1) is 17.0 Å². The van der Waals surface area contributed by atoms with E-state index >= 15 is 0 Å². The second-order valence-corrected chi connectivity index (χ2v) is 5.70. The SMILES string of the molecule is Cc1ccc(C(=O)COC(=O)c2cccc(N(C)C)c2)cc1[N+](=O)[O-]. The van der Waals surface area contributed by atoms with Crippen molar-refractivity contribution in [3.63, 3.8) is 0 Å². The number of anilines is 1. The number of carbonyl (C=O) groups excluding carboxylic acids is 2. The first-order valence-corrected chi connectivity index (χ1v) is 7.52. The van der Waals surface area contributed by atoms with Crippen LogP contribution in [0.3, 0.4) is 0 Å². The van der Waals surface area contributed by atoms with Gasteiger partial charge in [0.1, 0.15) is 0 Å². The van der Waals surface area contributed by atoms with E-state index in [0.29, 0.717) is 11.1 Å². The van der Waals surface area contributed by atoms with E-state index in [-0.39, 0.29) is 11.3 Å². The first kappa shape index (κ1) is 18.1. The van der Waals surface area contributed by atoms with E-state index < -0.39 is 23.3 Å². The van der Waals surface area contributed by atoms with Crippen molar-refractivity contribution in [3.05, 3.63) is 69.3 Å². The van der Waals surface area contributed by atoms with Crippen LogP contribution in [0.2, 0.25) is 0 Å². The Morgan fingerprint density at radius 1 is 1.12 bits per heavy atom. The quantitative estimate of drug-likeness (QED) is 0.347. The number of nitro groups is 1. The van der Waals surface area contributed by atoms with Gasteiger partial charge >= 0.3 is 5.97 Å². The number of aryl methyl sites for hydroxylation is 1. The molecule has 25 heavy (non-hydrogen) atoms. The Hall–Kier alpha value is -3.22. The molecule has 0 heterocycles. The van der Waals surface area contributed by atoms with E-state index in [2.05, 4.69) is 0 Å². The summed E-state index contributed by atoms with van der Waals surface area (Å²) in [5, 5.41) is 10.9. The number of ketones is 1. The van der Waals surface area contributed by atoms with Gasteiger partial charge in [-0.3, -0.25) is 14.9 Å². The highest BCUT2D eigenvalue weighted by Gasteiger charge is 2.17. The van der Waals surface area contributed by atoms with Gasteiger partial charge in [-0.25, -0.2) is 4.79 Å². The Morgan fingerprint density at radius 3 is 2.48 bits per heavy atom. The minimum absolute atomic E-state index is 0.132. The van der Waals surface area contributed by atoms with Gasteiger partial charge < -0.3 is 9.64 Å². The summed E-state index contributed by atoms with van der Waals surface area (Å²) >= 11 is 0. The summed E-state index contributed by atoms with van der Waals surface area (Å²) in [5.74, 6) is -1.13. The highest BCUT2D eigenvalue weighted by molar-refractivity contribution is 6.00. The molecule has 0 fully saturated rings. The third-order valence-electron chi connectivity index (χ3n) is 3.66. The minimum atomic E-state index is -0.626. The minimum Gasteiger partial charge on any atom is -0.454 e. The number of rotatable bonds is 6. The number of hydrogen-bond acceptors (Lipinski definition) is 6. The predicted molar refractivity (Wildman–Crippen MR) is 93.2 cm³/mol. The first-order valence-electron chi connectivity index (χ1n) is 7.52. The Bertz CT molecular complexity index is 830. The number of carbonyl (C=O) groups is 2. The third-order valence-corrected chi connectivity index (χ3v) is 3.66. The molecule has 0 N–H and O–H groups in total. The molecule has 2 rings (SSSR count). The number of nitrogens with zero attached hydrogens (tertiary/aromatic N) is 2. The predicted octanol–water partition coefficient (Wildman–Crippen LogP) is 3.01. The maximum absolute atomic E-state index is 12.1. The lowest BCUT2D eigenvalue weighted by molar-refractivity contribution is -0.385. The lowest BCUT2D eigenvalue weighted by atomic mass is 10.1. The lowest BCUT2D eigenvalue weighted by Gasteiger charge is -2.13. The van der Waals surface area contributed by atoms with Crippen LogP contribution in [0.15, 0.2) is 42.5 Å². The molecule has 0 unspecified atom stereocenters. The van der Waals surface area contributed by atoms with E-state index in [0.717, 1.165) is 5.69 Å². The number of Topliss-reactive ketones (excluding diaryl/α,β-unsaturated/α-hetero) is 1. The number of benzene rings is 2. The molecule has 130 valence electrons. The first-order chi connectivity index (χ1) is 11.8. The zero-order valence-electron chi connectivity index (χ0n) is 14.2. The fourth-order valence-electron chi connectivity index (χ4n) is 2.19. The standard InChI is InChI=1S/C18H18N2O5/c1-12-7-8-13(10-16(12)20(23)24)17(21)11-25-18(22)14-5-4-6-15(9-14)19(2)3/h4-10H,11H2,1-3H3. The molecule has 0 aliphatic heterocycles. The second kappa shape index (κ2) is 7.57. The van der Waals surface area contributed by atoms with Crippen LogP contribution in [0.25, 0.3) is 0 Å². The van der Waals surface area contributed by atoms with Crippen LogP contribution >= 0.6 is 0 Å². The molecule has 0 aliphatic rings. The third kappa shape index (κ3) is 4.41. The molecule has 0 amide bonds. The van der Waals surface area contributed by atoms with E-state index in [9.17, 15) is 19.7 Å². The Morgan fingerprint density at radius 2 is 1.84 bits per heavy atom. The number of nitro benzene ring substituents is 1. The molecule has 0 saturated heterocycles.